The Hall–Kier alpha value is -0.820. The van der Waals surface area contributed by atoms with Gasteiger partial charge in [-0.15, -0.1) is 0 Å². The van der Waals surface area contributed by atoms with Crippen LogP contribution in [0, 0.1) is 18.8 Å². The fourth-order valence-corrected chi connectivity index (χ4v) is 2.45. The molecule has 1 aromatic rings. The van der Waals surface area contributed by atoms with Crippen LogP contribution in [0.4, 0.5) is 0 Å². The molecule has 0 aliphatic rings. The summed E-state index contributed by atoms with van der Waals surface area (Å²) < 4.78 is 0. The highest BCUT2D eigenvalue weighted by atomic mass is 14.8. The maximum atomic E-state index is 3.57. The van der Waals surface area contributed by atoms with Crippen LogP contribution in [0.25, 0.3) is 0 Å². The molecular weight excluding hydrogens is 218 g/mol. The number of aryl methyl sites for hydroxylation is 1. The average Bonchev–Trinajstić information content (AvgIpc) is 2.31. The third-order valence-electron chi connectivity index (χ3n) is 3.31. The zero-order valence-electron chi connectivity index (χ0n) is 12.5. The van der Waals surface area contributed by atoms with Crippen molar-refractivity contribution in [2.45, 2.75) is 47.0 Å². The van der Waals surface area contributed by atoms with E-state index in [-0.39, 0.29) is 0 Å². The molecule has 0 saturated heterocycles. The maximum absolute atomic E-state index is 3.57. The molecule has 1 heteroatoms. The van der Waals surface area contributed by atoms with Crippen LogP contribution in [0.5, 0.6) is 0 Å². The molecule has 0 bridgehead atoms. The van der Waals surface area contributed by atoms with Crippen molar-refractivity contribution < 1.29 is 0 Å². The monoisotopic (exact) mass is 247 g/mol. The van der Waals surface area contributed by atoms with E-state index in [9.17, 15) is 0 Å². The quantitative estimate of drug-likeness (QED) is 0.679. The van der Waals surface area contributed by atoms with E-state index in [4.69, 9.17) is 0 Å². The van der Waals surface area contributed by atoms with Gasteiger partial charge in [0.05, 0.1) is 0 Å². The lowest BCUT2D eigenvalue weighted by Gasteiger charge is -2.20. The van der Waals surface area contributed by atoms with E-state index in [1.807, 2.05) is 0 Å². The summed E-state index contributed by atoms with van der Waals surface area (Å²) in [6, 6.07) is 9.01. The smallest absolute Gasteiger partial charge is 0.00172 e. The molecule has 0 saturated carbocycles. The largest absolute Gasteiger partial charge is 0.316 e. The standard InChI is InChI=1S/C17H29N/c1-5-10-18-13-17(11-14(2)3)12-16-8-6-15(4)7-9-16/h6-9,14,17-18H,5,10-13H2,1-4H3. The van der Waals surface area contributed by atoms with Gasteiger partial charge in [-0.05, 0) is 56.7 Å². The Balaban J connectivity index is 2.51. The average molecular weight is 247 g/mol. The molecule has 1 aromatic carbocycles. The van der Waals surface area contributed by atoms with Gasteiger partial charge in [-0.3, -0.25) is 0 Å². The lowest BCUT2D eigenvalue weighted by atomic mass is 9.90. The van der Waals surface area contributed by atoms with Gasteiger partial charge in [0.25, 0.3) is 0 Å². The Morgan fingerprint density at radius 1 is 1.11 bits per heavy atom. The van der Waals surface area contributed by atoms with E-state index in [1.165, 1.54) is 30.4 Å². The maximum Gasteiger partial charge on any atom is -0.00172 e. The minimum Gasteiger partial charge on any atom is -0.316 e. The Labute approximate surface area is 113 Å². The van der Waals surface area contributed by atoms with E-state index in [0.29, 0.717) is 0 Å². The Bertz CT molecular complexity index is 313. The first-order valence-electron chi connectivity index (χ1n) is 7.38. The van der Waals surface area contributed by atoms with Gasteiger partial charge in [0.1, 0.15) is 0 Å². The third-order valence-corrected chi connectivity index (χ3v) is 3.31. The lowest BCUT2D eigenvalue weighted by Crippen LogP contribution is -2.26. The third kappa shape index (κ3) is 6.20. The summed E-state index contributed by atoms with van der Waals surface area (Å²) >= 11 is 0. The zero-order chi connectivity index (χ0) is 13.4. The second kappa shape index (κ2) is 8.31. The Morgan fingerprint density at radius 2 is 1.78 bits per heavy atom. The van der Waals surface area contributed by atoms with Gasteiger partial charge in [-0.2, -0.15) is 0 Å². The van der Waals surface area contributed by atoms with Crippen LogP contribution in [-0.4, -0.2) is 13.1 Å². The van der Waals surface area contributed by atoms with E-state index in [1.54, 1.807) is 0 Å². The summed E-state index contributed by atoms with van der Waals surface area (Å²) in [7, 11) is 0. The molecule has 0 heterocycles. The first-order valence-corrected chi connectivity index (χ1v) is 7.38. The number of nitrogens with one attached hydrogen (secondary N) is 1. The molecule has 102 valence electrons. The van der Waals surface area contributed by atoms with Crippen LogP contribution in [-0.2, 0) is 6.42 Å². The van der Waals surface area contributed by atoms with Crippen molar-refractivity contribution in [1.29, 1.82) is 0 Å². The molecule has 1 atom stereocenters. The van der Waals surface area contributed by atoms with Gasteiger partial charge < -0.3 is 5.32 Å². The molecule has 0 fully saturated rings. The number of benzene rings is 1. The fourth-order valence-electron chi connectivity index (χ4n) is 2.45. The molecule has 0 aromatic heterocycles. The van der Waals surface area contributed by atoms with Crippen LogP contribution in [0.3, 0.4) is 0 Å². The van der Waals surface area contributed by atoms with Crippen LogP contribution in [0.1, 0.15) is 44.7 Å². The van der Waals surface area contributed by atoms with Crippen molar-refractivity contribution in [1.82, 2.24) is 5.32 Å². The molecular formula is C17H29N. The van der Waals surface area contributed by atoms with Gasteiger partial charge in [0, 0.05) is 0 Å². The van der Waals surface area contributed by atoms with Crippen molar-refractivity contribution in [3.8, 4) is 0 Å². The summed E-state index contributed by atoms with van der Waals surface area (Å²) in [6.45, 7) is 11.3. The van der Waals surface area contributed by atoms with E-state index in [2.05, 4.69) is 57.3 Å². The zero-order valence-corrected chi connectivity index (χ0v) is 12.5. The Morgan fingerprint density at radius 3 is 2.33 bits per heavy atom. The van der Waals surface area contributed by atoms with Gasteiger partial charge in [0.2, 0.25) is 0 Å². The molecule has 0 aliphatic heterocycles. The van der Waals surface area contributed by atoms with Crippen LogP contribution in [0.2, 0.25) is 0 Å². The molecule has 0 radical (unpaired) electrons. The SMILES string of the molecule is CCCNCC(Cc1ccc(C)cc1)CC(C)C. The van der Waals surface area contributed by atoms with E-state index >= 15 is 0 Å². The van der Waals surface area contributed by atoms with Gasteiger partial charge in [-0.25, -0.2) is 0 Å². The highest BCUT2D eigenvalue weighted by Crippen LogP contribution is 2.17. The van der Waals surface area contributed by atoms with Gasteiger partial charge in [-0.1, -0.05) is 50.6 Å². The summed E-state index contributed by atoms with van der Waals surface area (Å²) in [5.41, 5.74) is 2.83. The fraction of sp³-hybridized carbons (Fsp3) is 0.647. The number of hydrogen-bond acceptors (Lipinski definition) is 1. The summed E-state index contributed by atoms with van der Waals surface area (Å²) in [5, 5.41) is 3.57. The number of rotatable bonds is 8. The predicted octanol–water partition coefficient (Wildman–Crippen LogP) is 4.20. The number of hydrogen-bond donors (Lipinski definition) is 1. The van der Waals surface area contributed by atoms with Crippen LogP contribution in [0.15, 0.2) is 24.3 Å². The molecule has 1 unspecified atom stereocenters. The summed E-state index contributed by atoms with van der Waals surface area (Å²) in [5.74, 6) is 1.54. The van der Waals surface area contributed by atoms with E-state index in [0.717, 1.165) is 24.9 Å². The molecule has 1 N–H and O–H groups in total. The Kier molecular flexibility index (Phi) is 7.04. The normalized spacial score (nSPS) is 12.9. The lowest BCUT2D eigenvalue weighted by molar-refractivity contribution is 0.385. The molecule has 0 aliphatic carbocycles. The van der Waals surface area contributed by atoms with Gasteiger partial charge >= 0.3 is 0 Å². The molecule has 18 heavy (non-hydrogen) atoms. The van der Waals surface area contributed by atoms with Crippen molar-refractivity contribution in [3.05, 3.63) is 35.4 Å². The second-order valence-corrected chi connectivity index (χ2v) is 5.89. The molecule has 1 rings (SSSR count). The summed E-state index contributed by atoms with van der Waals surface area (Å²) in [4.78, 5) is 0. The van der Waals surface area contributed by atoms with Gasteiger partial charge in [0.15, 0.2) is 0 Å². The molecule has 0 amide bonds. The second-order valence-electron chi connectivity index (χ2n) is 5.89. The van der Waals surface area contributed by atoms with Crippen molar-refractivity contribution in [3.63, 3.8) is 0 Å². The van der Waals surface area contributed by atoms with Crippen LogP contribution < -0.4 is 5.32 Å². The van der Waals surface area contributed by atoms with Crippen molar-refractivity contribution >= 4 is 0 Å². The highest BCUT2D eigenvalue weighted by Gasteiger charge is 2.11. The van der Waals surface area contributed by atoms with Crippen LogP contribution >= 0.6 is 0 Å². The van der Waals surface area contributed by atoms with E-state index < -0.39 is 0 Å². The first kappa shape index (κ1) is 15.2. The first-order chi connectivity index (χ1) is 8.61. The minimum absolute atomic E-state index is 0.763. The molecule has 1 nitrogen and oxygen atoms in total. The predicted molar refractivity (Wildman–Crippen MR) is 81.0 cm³/mol. The van der Waals surface area contributed by atoms with Crippen molar-refractivity contribution in [2.24, 2.45) is 11.8 Å². The molecule has 0 spiro atoms. The minimum atomic E-state index is 0.763. The summed E-state index contributed by atoms with van der Waals surface area (Å²) in [6.07, 6.45) is 3.73. The van der Waals surface area contributed by atoms with Crippen molar-refractivity contribution in [2.75, 3.05) is 13.1 Å². The highest BCUT2D eigenvalue weighted by molar-refractivity contribution is 5.21. The topological polar surface area (TPSA) is 12.0 Å².